The van der Waals surface area contributed by atoms with Crippen LogP contribution in [-0.2, 0) is 14.9 Å². The second kappa shape index (κ2) is 8.85. The van der Waals surface area contributed by atoms with Gasteiger partial charge in [-0.05, 0) is 40.8 Å². The summed E-state index contributed by atoms with van der Waals surface area (Å²) in [5.74, 6) is -0.570. The van der Waals surface area contributed by atoms with Crippen LogP contribution in [0.5, 0.6) is 0 Å². The van der Waals surface area contributed by atoms with E-state index in [2.05, 4.69) is 11.1 Å². The van der Waals surface area contributed by atoms with Crippen LogP contribution in [0.2, 0.25) is 0 Å². The van der Waals surface area contributed by atoms with Gasteiger partial charge in [-0.25, -0.2) is 0 Å². The number of aromatic nitrogens is 1. The Morgan fingerprint density at radius 2 is 2.09 bits per heavy atom. The van der Waals surface area contributed by atoms with Gasteiger partial charge in [0.15, 0.2) is 0 Å². The van der Waals surface area contributed by atoms with Crippen molar-refractivity contribution in [2.24, 2.45) is 5.73 Å². The molecule has 2 aromatic heterocycles. The maximum Gasteiger partial charge on any atom is 0.235 e. The first-order chi connectivity index (χ1) is 15.4. The van der Waals surface area contributed by atoms with Crippen molar-refractivity contribution in [1.29, 1.82) is 5.26 Å². The largest absolute Gasteiger partial charge is 0.376 e. The molecule has 3 aromatic rings. The van der Waals surface area contributed by atoms with E-state index in [4.69, 9.17) is 34.3 Å². The van der Waals surface area contributed by atoms with Crippen LogP contribution >= 0.6 is 35.2 Å². The molecule has 2 atom stereocenters. The van der Waals surface area contributed by atoms with Crippen molar-refractivity contribution in [1.82, 2.24) is 4.98 Å². The summed E-state index contributed by atoms with van der Waals surface area (Å²) < 4.78 is 5.92. The van der Waals surface area contributed by atoms with Crippen LogP contribution in [0.15, 0.2) is 71.1 Å². The lowest BCUT2D eigenvalue weighted by Gasteiger charge is -2.36. The van der Waals surface area contributed by atoms with Crippen molar-refractivity contribution in [2.45, 2.75) is 11.5 Å². The molecule has 3 N–H and O–H groups in total. The number of amides is 1. The van der Waals surface area contributed by atoms with Gasteiger partial charge in [0.2, 0.25) is 5.91 Å². The number of rotatable bonds is 5. The normalized spacial score (nSPS) is 19.9. The number of hydrogen-bond acceptors (Lipinski definition) is 5. The van der Waals surface area contributed by atoms with Crippen LogP contribution in [-0.4, -0.2) is 24.1 Å². The maximum atomic E-state index is 12.6. The SMILES string of the molecule is COC1C=CC(Cl)=CC1(C(N)=O)c1ccc(-c2cc(-c3cccs3)[nH]c(=S)c2C#N)cc1. The van der Waals surface area contributed by atoms with Crippen molar-refractivity contribution in [3.05, 3.63) is 86.9 Å². The van der Waals surface area contributed by atoms with E-state index in [1.165, 1.54) is 7.11 Å². The number of nitrogens with one attached hydrogen (secondary N) is 1. The number of thiophene rings is 1. The van der Waals surface area contributed by atoms with Crippen LogP contribution in [0.1, 0.15) is 11.1 Å². The standard InChI is InChI=1S/C24H18ClN3O2S2/c1-30-21-9-8-16(25)12-24(21,23(27)29)15-6-4-14(5-7-15)17-11-19(20-3-2-10-32-20)28-22(31)18(17)13-26/h2-12,21H,1H3,(H2,27,29)(H,28,31). The topological polar surface area (TPSA) is 91.9 Å². The molecular formula is C24H18ClN3O2S2. The van der Waals surface area contributed by atoms with Gasteiger partial charge < -0.3 is 15.5 Å². The summed E-state index contributed by atoms with van der Waals surface area (Å²) in [6, 6.07) is 15.3. The van der Waals surface area contributed by atoms with Crippen LogP contribution in [0.3, 0.4) is 0 Å². The highest BCUT2D eigenvalue weighted by Crippen LogP contribution is 2.39. The van der Waals surface area contributed by atoms with Crippen molar-refractivity contribution in [2.75, 3.05) is 7.11 Å². The second-order valence-electron chi connectivity index (χ2n) is 7.25. The number of ether oxygens (including phenoxy) is 1. The van der Waals surface area contributed by atoms with Crippen molar-refractivity contribution in [3.8, 4) is 27.8 Å². The van der Waals surface area contributed by atoms with Crippen molar-refractivity contribution < 1.29 is 9.53 Å². The number of nitrogens with two attached hydrogens (primary N) is 1. The number of hydrogen-bond donors (Lipinski definition) is 2. The van der Waals surface area contributed by atoms with E-state index in [9.17, 15) is 10.1 Å². The van der Waals surface area contributed by atoms with Crippen LogP contribution in [0, 0.1) is 16.0 Å². The number of aromatic amines is 1. The number of carbonyl (C=O) groups excluding carboxylic acids is 1. The monoisotopic (exact) mass is 479 g/mol. The molecule has 0 saturated carbocycles. The Hall–Kier alpha value is -3.02. The molecule has 0 spiro atoms. The minimum atomic E-state index is -1.24. The Balaban J connectivity index is 1.84. The lowest BCUT2D eigenvalue weighted by molar-refractivity contribution is -0.125. The summed E-state index contributed by atoms with van der Waals surface area (Å²) in [4.78, 5) is 16.8. The van der Waals surface area contributed by atoms with Gasteiger partial charge in [0.1, 0.15) is 16.1 Å². The van der Waals surface area contributed by atoms with Gasteiger partial charge in [-0.2, -0.15) is 5.26 Å². The average Bonchev–Trinajstić information content (AvgIpc) is 3.33. The number of H-pyrrole nitrogens is 1. The number of methoxy groups -OCH3 is 1. The minimum absolute atomic E-state index is 0.373. The Morgan fingerprint density at radius 3 is 2.69 bits per heavy atom. The highest BCUT2D eigenvalue weighted by molar-refractivity contribution is 7.71. The number of pyridine rings is 1. The van der Waals surface area contributed by atoms with Gasteiger partial charge in [0.25, 0.3) is 0 Å². The highest BCUT2D eigenvalue weighted by Gasteiger charge is 2.45. The molecule has 32 heavy (non-hydrogen) atoms. The fraction of sp³-hybridized carbons (Fsp3) is 0.125. The first kappa shape index (κ1) is 22.2. The van der Waals surface area contributed by atoms with E-state index in [-0.39, 0.29) is 0 Å². The fourth-order valence-electron chi connectivity index (χ4n) is 3.93. The lowest BCUT2D eigenvalue weighted by Crippen LogP contribution is -2.50. The third kappa shape index (κ3) is 3.72. The number of halogens is 1. The first-order valence-electron chi connectivity index (χ1n) is 9.62. The molecule has 2 unspecified atom stereocenters. The van der Waals surface area contributed by atoms with Gasteiger partial charge in [0, 0.05) is 17.7 Å². The van der Waals surface area contributed by atoms with Gasteiger partial charge in [-0.3, -0.25) is 4.79 Å². The zero-order valence-electron chi connectivity index (χ0n) is 17.0. The van der Waals surface area contributed by atoms with Crippen LogP contribution < -0.4 is 5.73 Å². The minimum Gasteiger partial charge on any atom is -0.376 e. The number of carbonyl (C=O) groups is 1. The maximum absolute atomic E-state index is 12.6. The smallest absolute Gasteiger partial charge is 0.235 e. The number of nitriles is 1. The zero-order chi connectivity index (χ0) is 22.9. The van der Waals surface area contributed by atoms with E-state index in [1.54, 1.807) is 41.7 Å². The molecule has 5 nitrogen and oxygen atoms in total. The molecule has 0 bridgehead atoms. The molecule has 8 heteroatoms. The molecule has 0 radical (unpaired) electrons. The number of nitrogens with zero attached hydrogens (tertiary/aromatic N) is 1. The van der Waals surface area contributed by atoms with E-state index in [0.717, 1.165) is 16.1 Å². The van der Waals surface area contributed by atoms with E-state index in [1.807, 2.05) is 35.7 Å². The average molecular weight is 480 g/mol. The molecule has 1 aliphatic rings. The third-order valence-corrected chi connectivity index (χ3v) is 6.96. The van der Waals surface area contributed by atoms with Crippen LogP contribution in [0.4, 0.5) is 0 Å². The predicted octanol–water partition coefficient (Wildman–Crippen LogP) is 5.44. The molecule has 0 saturated heterocycles. The Kier molecular flexibility index (Phi) is 6.13. The summed E-state index contributed by atoms with van der Waals surface area (Å²) in [6.07, 6.45) is 4.42. The van der Waals surface area contributed by atoms with Crippen molar-refractivity contribution in [3.63, 3.8) is 0 Å². The van der Waals surface area contributed by atoms with E-state index >= 15 is 0 Å². The summed E-state index contributed by atoms with van der Waals surface area (Å²) in [6.45, 7) is 0. The summed E-state index contributed by atoms with van der Waals surface area (Å²) >= 11 is 13.2. The Morgan fingerprint density at radius 1 is 1.34 bits per heavy atom. The first-order valence-corrected chi connectivity index (χ1v) is 11.3. The number of primary amides is 1. The quantitative estimate of drug-likeness (QED) is 0.476. The second-order valence-corrected chi connectivity index (χ2v) is 9.04. The highest BCUT2D eigenvalue weighted by atomic mass is 35.5. The Labute approximate surface area is 199 Å². The molecule has 1 aromatic carbocycles. The molecule has 0 aliphatic heterocycles. The van der Waals surface area contributed by atoms with Gasteiger partial charge >= 0.3 is 0 Å². The molecule has 2 heterocycles. The molecule has 160 valence electrons. The number of allylic oxidation sites excluding steroid dienone is 2. The third-order valence-electron chi connectivity index (χ3n) is 5.51. The van der Waals surface area contributed by atoms with Crippen molar-refractivity contribution >= 4 is 41.1 Å². The molecule has 0 fully saturated rings. The Bertz CT molecular complexity index is 1340. The van der Waals surface area contributed by atoms with Gasteiger partial charge in [-0.1, -0.05) is 60.2 Å². The molecule has 1 aliphatic carbocycles. The lowest BCUT2D eigenvalue weighted by atomic mass is 9.72. The molecule has 4 rings (SSSR count). The van der Waals surface area contributed by atoms with Crippen LogP contribution in [0.25, 0.3) is 21.7 Å². The summed E-state index contributed by atoms with van der Waals surface area (Å²) in [5.41, 5.74) is 7.95. The van der Waals surface area contributed by atoms with E-state index in [0.29, 0.717) is 26.4 Å². The molecule has 1 amide bonds. The van der Waals surface area contributed by atoms with Gasteiger partial charge in [-0.15, -0.1) is 11.3 Å². The van der Waals surface area contributed by atoms with Gasteiger partial charge in [0.05, 0.1) is 22.2 Å². The molecular weight excluding hydrogens is 462 g/mol. The summed E-state index contributed by atoms with van der Waals surface area (Å²) in [7, 11) is 1.52. The predicted molar refractivity (Wildman–Crippen MR) is 130 cm³/mol. The summed E-state index contributed by atoms with van der Waals surface area (Å²) in [5, 5.41) is 12.1. The van der Waals surface area contributed by atoms with E-state index < -0.39 is 17.4 Å². The fourth-order valence-corrected chi connectivity index (χ4v) is 5.14. The zero-order valence-corrected chi connectivity index (χ0v) is 19.4. The number of benzene rings is 1.